The number of aromatic nitrogens is 2. The van der Waals surface area contributed by atoms with Crippen LogP contribution in [0.25, 0.3) is 0 Å². The average Bonchev–Trinajstić information content (AvgIpc) is 3.36. The molecule has 0 saturated carbocycles. The third kappa shape index (κ3) is 6.32. The minimum atomic E-state index is -0.492. The Morgan fingerprint density at radius 2 is 2.00 bits per heavy atom. The molecule has 2 aromatic rings. The molecule has 1 N–H and O–H groups in total. The third-order valence-corrected chi connectivity index (χ3v) is 6.45. The van der Waals surface area contributed by atoms with E-state index in [1.165, 1.54) is 0 Å². The van der Waals surface area contributed by atoms with Gasteiger partial charge < -0.3 is 19.5 Å². The van der Waals surface area contributed by atoms with Crippen molar-refractivity contribution in [1.82, 2.24) is 19.8 Å². The van der Waals surface area contributed by atoms with Crippen LogP contribution in [-0.2, 0) is 11.2 Å². The number of nitrogens with zero attached hydrogens (tertiary/aromatic N) is 3. The molecule has 3 heterocycles. The minimum absolute atomic E-state index is 0.0705. The highest BCUT2D eigenvalue weighted by atomic mass is 32.1. The van der Waals surface area contributed by atoms with Crippen LogP contribution in [0.1, 0.15) is 80.6 Å². The van der Waals surface area contributed by atoms with Crippen LogP contribution in [-0.4, -0.2) is 51.7 Å². The summed E-state index contributed by atoms with van der Waals surface area (Å²) in [7, 11) is 0. The minimum Gasteiger partial charge on any atom is -0.444 e. The quantitative estimate of drug-likeness (QED) is 0.703. The molecule has 170 valence electrons. The molecule has 2 amide bonds. The number of thiazole rings is 1. The monoisotopic (exact) mass is 446 g/mol. The van der Waals surface area contributed by atoms with Gasteiger partial charge in [0.15, 0.2) is 0 Å². The van der Waals surface area contributed by atoms with E-state index in [4.69, 9.17) is 4.74 Å². The van der Waals surface area contributed by atoms with Crippen molar-refractivity contribution in [3.8, 4) is 0 Å². The highest BCUT2D eigenvalue weighted by Crippen LogP contribution is 2.26. The van der Waals surface area contributed by atoms with Crippen molar-refractivity contribution in [2.24, 2.45) is 0 Å². The predicted octanol–water partition coefficient (Wildman–Crippen LogP) is 4.61. The van der Waals surface area contributed by atoms with Crippen molar-refractivity contribution in [2.75, 3.05) is 19.6 Å². The summed E-state index contributed by atoms with van der Waals surface area (Å²) in [5, 5.41) is 6.23. The van der Waals surface area contributed by atoms with Crippen molar-refractivity contribution < 1.29 is 14.3 Å². The molecule has 1 aliphatic rings. The highest BCUT2D eigenvalue weighted by molar-refractivity contribution is 7.09. The fourth-order valence-electron chi connectivity index (χ4n) is 3.66. The van der Waals surface area contributed by atoms with E-state index < -0.39 is 5.60 Å². The largest absolute Gasteiger partial charge is 0.444 e. The first-order valence-electron chi connectivity index (χ1n) is 11.0. The Hall–Kier alpha value is -2.35. The SMILES string of the molecule is CC(C)c1nc(CCNC(=O)c2cccn2C2CCN(C(=O)OC(C)(C)C)CC2)cs1. The Bertz CT molecular complexity index is 889. The number of carbonyl (C=O) groups excluding carboxylic acids is 2. The van der Waals surface area contributed by atoms with E-state index in [9.17, 15) is 9.59 Å². The predicted molar refractivity (Wildman–Crippen MR) is 123 cm³/mol. The zero-order valence-corrected chi connectivity index (χ0v) is 20.0. The number of carbonyl (C=O) groups is 2. The Morgan fingerprint density at radius 3 is 2.61 bits per heavy atom. The molecule has 7 nitrogen and oxygen atoms in total. The summed E-state index contributed by atoms with van der Waals surface area (Å²) in [6, 6.07) is 3.96. The van der Waals surface area contributed by atoms with Crippen molar-refractivity contribution in [3.05, 3.63) is 40.1 Å². The molecule has 1 aliphatic heterocycles. The zero-order valence-electron chi connectivity index (χ0n) is 19.2. The number of ether oxygens (including phenoxy) is 1. The molecular weight excluding hydrogens is 412 g/mol. The van der Waals surface area contributed by atoms with Crippen LogP contribution in [0.4, 0.5) is 4.79 Å². The van der Waals surface area contributed by atoms with Gasteiger partial charge in [0.2, 0.25) is 0 Å². The van der Waals surface area contributed by atoms with Crippen molar-refractivity contribution in [2.45, 2.75) is 71.4 Å². The third-order valence-electron chi connectivity index (χ3n) is 5.25. The van der Waals surface area contributed by atoms with E-state index >= 15 is 0 Å². The Kier molecular flexibility index (Phi) is 7.41. The average molecular weight is 447 g/mol. The molecule has 2 aromatic heterocycles. The van der Waals surface area contributed by atoms with Crippen LogP contribution in [0.2, 0.25) is 0 Å². The first-order valence-corrected chi connectivity index (χ1v) is 11.9. The number of hydrogen-bond donors (Lipinski definition) is 1. The van der Waals surface area contributed by atoms with Crippen molar-refractivity contribution >= 4 is 23.3 Å². The molecule has 0 unspecified atom stereocenters. The standard InChI is InChI=1S/C23H34N4O3S/c1-16(2)21-25-17(15-31-21)8-11-24-20(28)19-7-6-12-27(19)18-9-13-26(14-10-18)22(29)30-23(3,4)5/h6-7,12,15-16,18H,8-11,13-14H2,1-5H3,(H,24,28). The molecule has 31 heavy (non-hydrogen) atoms. The Labute approximate surface area is 188 Å². The number of hydrogen-bond acceptors (Lipinski definition) is 5. The van der Waals surface area contributed by atoms with E-state index in [1.807, 2.05) is 43.7 Å². The Balaban J connectivity index is 1.51. The maximum atomic E-state index is 12.8. The molecule has 0 spiro atoms. The molecule has 0 atom stereocenters. The van der Waals surface area contributed by atoms with E-state index in [0.29, 0.717) is 31.2 Å². The number of piperidine rings is 1. The van der Waals surface area contributed by atoms with Gasteiger partial charge in [0.05, 0.1) is 10.7 Å². The van der Waals surface area contributed by atoms with Crippen molar-refractivity contribution in [1.29, 1.82) is 0 Å². The topological polar surface area (TPSA) is 76.5 Å². The van der Waals surface area contributed by atoms with Gasteiger partial charge in [0.1, 0.15) is 11.3 Å². The van der Waals surface area contributed by atoms with Gasteiger partial charge in [0.25, 0.3) is 5.91 Å². The molecule has 1 fully saturated rings. The lowest BCUT2D eigenvalue weighted by molar-refractivity contribution is 0.0187. The van der Waals surface area contributed by atoms with Crippen LogP contribution in [0.15, 0.2) is 23.7 Å². The van der Waals surface area contributed by atoms with E-state index in [0.717, 1.165) is 30.0 Å². The summed E-state index contributed by atoms with van der Waals surface area (Å²) in [6.07, 6.45) is 4.01. The van der Waals surface area contributed by atoms with E-state index in [1.54, 1.807) is 16.2 Å². The molecule has 0 aromatic carbocycles. The number of likely N-dealkylation sites (tertiary alicyclic amines) is 1. The van der Waals surface area contributed by atoms with Gasteiger partial charge in [-0.1, -0.05) is 13.8 Å². The summed E-state index contributed by atoms with van der Waals surface area (Å²) in [6.45, 7) is 11.7. The smallest absolute Gasteiger partial charge is 0.410 e. The first kappa shape index (κ1) is 23.3. The van der Waals surface area contributed by atoms with Crippen LogP contribution in [0.5, 0.6) is 0 Å². The van der Waals surface area contributed by atoms with Gasteiger partial charge in [-0.3, -0.25) is 4.79 Å². The maximum Gasteiger partial charge on any atom is 0.410 e. The first-order chi connectivity index (χ1) is 14.6. The lowest BCUT2D eigenvalue weighted by Gasteiger charge is -2.34. The highest BCUT2D eigenvalue weighted by Gasteiger charge is 2.28. The Morgan fingerprint density at radius 1 is 1.29 bits per heavy atom. The fourth-order valence-corrected chi connectivity index (χ4v) is 4.52. The second-order valence-corrected chi connectivity index (χ2v) is 10.2. The molecule has 8 heteroatoms. The molecule has 0 aliphatic carbocycles. The number of nitrogens with one attached hydrogen (secondary N) is 1. The van der Waals surface area contributed by atoms with Crippen LogP contribution < -0.4 is 5.32 Å². The summed E-state index contributed by atoms with van der Waals surface area (Å²) in [5.41, 5.74) is 1.20. The van der Waals surface area contributed by atoms with E-state index in [-0.39, 0.29) is 18.0 Å². The summed E-state index contributed by atoms with van der Waals surface area (Å²) in [4.78, 5) is 31.4. The lowest BCUT2D eigenvalue weighted by Crippen LogP contribution is -2.42. The van der Waals surface area contributed by atoms with Crippen LogP contribution >= 0.6 is 11.3 Å². The van der Waals surface area contributed by atoms with Gasteiger partial charge in [-0.2, -0.15) is 0 Å². The molecule has 1 saturated heterocycles. The summed E-state index contributed by atoms with van der Waals surface area (Å²) < 4.78 is 7.52. The van der Waals surface area contributed by atoms with Crippen molar-refractivity contribution in [3.63, 3.8) is 0 Å². The molecule has 0 bridgehead atoms. The molecule has 3 rings (SSSR count). The second kappa shape index (κ2) is 9.85. The lowest BCUT2D eigenvalue weighted by atomic mass is 10.0. The number of rotatable bonds is 6. The zero-order chi connectivity index (χ0) is 22.6. The van der Waals surface area contributed by atoms with Gasteiger partial charge in [0, 0.05) is 49.6 Å². The molecular formula is C23H34N4O3S. The second-order valence-electron chi connectivity index (χ2n) is 9.34. The van der Waals surface area contributed by atoms with Gasteiger partial charge in [-0.05, 0) is 45.7 Å². The van der Waals surface area contributed by atoms with E-state index in [2.05, 4.69) is 29.5 Å². The molecule has 0 radical (unpaired) electrons. The summed E-state index contributed by atoms with van der Waals surface area (Å²) >= 11 is 1.68. The van der Waals surface area contributed by atoms with Gasteiger partial charge >= 0.3 is 6.09 Å². The normalized spacial score (nSPS) is 15.4. The van der Waals surface area contributed by atoms with Crippen LogP contribution in [0.3, 0.4) is 0 Å². The fraction of sp³-hybridized carbons (Fsp3) is 0.609. The number of amides is 2. The maximum absolute atomic E-state index is 12.8. The van der Waals surface area contributed by atoms with Gasteiger partial charge in [-0.15, -0.1) is 11.3 Å². The van der Waals surface area contributed by atoms with Crippen LogP contribution in [0, 0.1) is 0 Å². The van der Waals surface area contributed by atoms with Gasteiger partial charge in [-0.25, -0.2) is 9.78 Å². The summed E-state index contributed by atoms with van der Waals surface area (Å²) in [5.74, 6) is 0.359.